The van der Waals surface area contributed by atoms with E-state index in [1.165, 1.54) is 6.33 Å². The molecule has 0 bridgehead atoms. The van der Waals surface area contributed by atoms with E-state index in [1.54, 1.807) is 0 Å². The lowest BCUT2D eigenvalue weighted by molar-refractivity contribution is 0.122. The average Bonchev–Trinajstić information content (AvgIpc) is 2.61. The minimum atomic E-state index is -2.49. The number of halogens is 2. The summed E-state index contributed by atoms with van der Waals surface area (Å²) in [5, 5.41) is 10.5. The van der Waals surface area contributed by atoms with E-state index < -0.39 is 13.0 Å². The van der Waals surface area contributed by atoms with E-state index >= 15 is 0 Å². The smallest absolute Gasteiger partial charge is 0.258 e. The van der Waals surface area contributed by atoms with Crippen LogP contribution in [0.5, 0.6) is 0 Å². The third-order valence-corrected chi connectivity index (χ3v) is 2.04. The van der Waals surface area contributed by atoms with Crippen molar-refractivity contribution in [3.63, 3.8) is 0 Å². The van der Waals surface area contributed by atoms with Gasteiger partial charge in [-0.3, -0.25) is 0 Å². The quantitative estimate of drug-likeness (QED) is 0.875. The maximum absolute atomic E-state index is 12.3. The number of nitrogens with one attached hydrogen (secondary N) is 1. The minimum Gasteiger partial charge on any atom is -0.366 e. The number of hydrogen-bond donors (Lipinski definition) is 1. The molecule has 2 rings (SSSR count). The van der Waals surface area contributed by atoms with Crippen molar-refractivity contribution >= 4 is 17.0 Å². The minimum absolute atomic E-state index is 0.161. The van der Waals surface area contributed by atoms with Crippen molar-refractivity contribution in [2.24, 2.45) is 0 Å². The van der Waals surface area contributed by atoms with Gasteiger partial charge in [0.15, 0.2) is 17.0 Å². The molecule has 2 heterocycles. The van der Waals surface area contributed by atoms with Gasteiger partial charge in [-0.05, 0) is 13.8 Å². The molecule has 0 spiro atoms. The molecule has 17 heavy (non-hydrogen) atoms. The average molecular weight is 242 g/mol. The molecule has 0 aliphatic carbocycles. The van der Waals surface area contributed by atoms with Crippen LogP contribution in [0.2, 0.25) is 0 Å². The fraction of sp³-hybridized carbons (Fsp3) is 0.556. The highest BCUT2D eigenvalue weighted by atomic mass is 19.3. The first-order chi connectivity index (χ1) is 8.08. The Hall–Kier alpha value is -1.86. The molecule has 0 aliphatic heterocycles. The van der Waals surface area contributed by atoms with Gasteiger partial charge in [0.25, 0.3) is 6.43 Å². The largest absolute Gasteiger partial charge is 0.366 e. The standard InChI is InChI=1S/C9H12F2N6/c1-5(2)14-8-7-9(13-4-12-8)17(16-15-7)3-6(10)11/h4-6H,3H2,1-2H3,(H,12,13,14). The van der Waals surface area contributed by atoms with Gasteiger partial charge in [0.05, 0.1) is 0 Å². The number of hydrogen-bond acceptors (Lipinski definition) is 5. The van der Waals surface area contributed by atoms with E-state index in [-0.39, 0.29) is 6.04 Å². The van der Waals surface area contributed by atoms with Gasteiger partial charge in [-0.1, -0.05) is 5.21 Å². The third-order valence-electron chi connectivity index (χ3n) is 2.04. The monoisotopic (exact) mass is 242 g/mol. The van der Waals surface area contributed by atoms with E-state index in [1.807, 2.05) is 13.8 Å². The van der Waals surface area contributed by atoms with Crippen LogP contribution in [0.15, 0.2) is 6.33 Å². The molecule has 6 nitrogen and oxygen atoms in total. The zero-order valence-corrected chi connectivity index (χ0v) is 9.43. The van der Waals surface area contributed by atoms with Crippen molar-refractivity contribution in [1.82, 2.24) is 25.0 Å². The predicted octanol–water partition coefficient (Wildman–Crippen LogP) is 1.31. The molecule has 0 fully saturated rings. The molecule has 0 aliphatic rings. The van der Waals surface area contributed by atoms with Crippen molar-refractivity contribution in [3.8, 4) is 0 Å². The molecule has 1 N–H and O–H groups in total. The second-order valence-electron chi connectivity index (χ2n) is 3.86. The molecular formula is C9H12F2N6. The number of fused-ring (bicyclic) bond motifs is 1. The van der Waals surface area contributed by atoms with Gasteiger partial charge in [0.1, 0.15) is 12.9 Å². The van der Waals surface area contributed by atoms with E-state index in [2.05, 4.69) is 25.6 Å². The summed E-state index contributed by atoms with van der Waals surface area (Å²) in [7, 11) is 0. The van der Waals surface area contributed by atoms with Gasteiger partial charge in [-0.25, -0.2) is 23.4 Å². The Bertz CT molecular complexity index is 509. The summed E-state index contributed by atoms with van der Waals surface area (Å²) in [6.07, 6.45) is -1.19. The van der Waals surface area contributed by atoms with Crippen molar-refractivity contribution in [2.45, 2.75) is 32.9 Å². The molecule has 92 valence electrons. The molecule has 0 saturated carbocycles. The maximum Gasteiger partial charge on any atom is 0.258 e. The zero-order valence-electron chi connectivity index (χ0n) is 9.43. The van der Waals surface area contributed by atoms with Gasteiger partial charge in [-0.15, -0.1) is 5.10 Å². The lowest BCUT2D eigenvalue weighted by atomic mass is 10.4. The summed E-state index contributed by atoms with van der Waals surface area (Å²) in [6, 6.07) is 0.161. The first kappa shape index (κ1) is 11.6. The van der Waals surface area contributed by atoms with Crippen molar-refractivity contribution in [1.29, 1.82) is 0 Å². The summed E-state index contributed by atoms with van der Waals surface area (Å²) in [5.74, 6) is 0.505. The number of rotatable bonds is 4. The lowest BCUT2D eigenvalue weighted by Crippen LogP contribution is -2.12. The molecule has 8 heteroatoms. The van der Waals surface area contributed by atoms with Crippen LogP contribution >= 0.6 is 0 Å². The second-order valence-corrected chi connectivity index (χ2v) is 3.86. The number of alkyl halides is 2. The molecular weight excluding hydrogens is 230 g/mol. The number of nitrogens with zero attached hydrogens (tertiary/aromatic N) is 5. The topological polar surface area (TPSA) is 68.5 Å². The van der Waals surface area contributed by atoms with Crippen LogP contribution in [-0.2, 0) is 6.54 Å². The van der Waals surface area contributed by atoms with Gasteiger partial charge in [0.2, 0.25) is 0 Å². The second kappa shape index (κ2) is 4.56. The molecule has 2 aromatic heterocycles. The van der Waals surface area contributed by atoms with Crippen LogP contribution in [0, 0.1) is 0 Å². The Labute approximate surface area is 96.1 Å². The van der Waals surface area contributed by atoms with E-state index in [0.717, 1.165) is 4.68 Å². The molecule has 2 aromatic rings. The Morgan fingerprint density at radius 2 is 2.12 bits per heavy atom. The van der Waals surface area contributed by atoms with E-state index in [0.29, 0.717) is 17.0 Å². The van der Waals surface area contributed by atoms with Crippen LogP contribution in [0.3, 0.4) is 0 Å². The van der Waals surface area contributed by atoms with Crippen LogP contribution in [0.4, 0.5) is 14.6 Å². The summed E-state index contributed by atoms with van der Waals surface area (Å²) in [6.45, 7) is 3.36. The predicted molar refractivity (Wildman–Crippen MR) is 57.9 cm³/mol. The van der Waals surface area contributed by atoms with Crippen LogP contribution in [0.25, 0.3) is 11.2 Å². The van der Waals surface area contributed by atoms with Crippen molar-refractivity contribution in [3.05, 3.63) is 6.33 Å². The van der Waals surface area contributed by atoms with Gasteiger partial charge >= 0.3 is 0 Å². The molecule has 0 saturated heterocycles. The van der Waals surface area contributed by atoms with E-state index in [4.69, 9.17) is 0 Å². The fourth-order valence-corrected chi connectivity index (χ4v) is 1.42. The van der Waals surface area contributed by atoms with Gasteiger partial charge < -0.3 is 5.32 Å². The Kier molecular flexibility index (Phi) is 3.12. The third kappa shape index (κ3) is 2.45. The highest BCUT2D eigenvalue weighted by Gasteiger charge is 2.14. The van der Waals surface area contributed by atoms with Gasteiger partial charge in [0, 0.05) is 6.04 Å². The highest BCUT2D eigenvalue weighted by molar-refractivity contribution is 5.81. The summed E-state index contributed by atoms with van der Waals surface area (Å²) < 4.78 is 25.7. The molecule has 0 aromatic carbocycles. The van der Waals surface area contributed by atoms with Crippen molar-refractivity contribution < 1.29 is 8.78 Å². The Balaban J connectivity index is 2.41. The summed E-state index contributed by atoms with van der Waals surface area (Å²) in [4.78, 5) is 7.93. The first-order valence-electron chi connectivity index (χ1n) is 5.17. The van der Waals surface area contributed by atoms with E-state index in [9.17, 15) is 8.78 Å². The van der Waals surface area contributed by atoms with Crippen LogP contribution in [0.1, 0.15) is 13.8 Å². The molecule has 0 unspecified atom stereocenters. The Morgan fingerprint density at radius 1 is 1.35 bits per heavy atom. The van der Waals surface area contributed by atoms with Gasteiger partial charge in [-0.2, -0.15) is 0 Å². The van der Waals surface area contributed by atoms with Crippen molar-refractivity contribution in [2.75, 3.05) is 5.32 Å². The maximum atomic E-state index is 12.3. The molecule has 0 radical (unpaired) electrons. The highest BCUT2D eigenvalue weighted by Crippen LogP contribution is 2.17. The SMILES string of the molecule is CC(C)Nc1ncnc2c1nnn2CC(F)F. The molecule has 0 atom stereocenters. The normalized spacial score (nSPS) is 11.6. The zero-order chi connectivity index (χ0) is 12.4. The number of anilines is 1. The first-order valence-corrected chi connectivity index (χ1v) is 5.17. The summed E-state index contributed by atoms with van der Waals surface area (Å²) >= 11 is 0. The van der Waals surface area contributed by atoms with Crippen LogP contribution in [-0.4, -0.2) is 37.4 Å². The lowest BCUT2D eigenvalue weighted by Gasteiger charge is -2.08. The van der Waals surface area contributed by atoms with Crippen LogP contribution < -0.4 is 5.32 Å². The fourth-order valence-electron chi connectivity index (χ4n) is 1.42. The number of aromatic nitrogens is 5. The summed E-state index contributed by atoms with van der Waals surface area (Å²) in [5.41, 5.74) is 0.713. The Morgan fingerprint density at radius 3 is 2.76 bits per heavy atom. The molecule has 0 amide bonds.